The van der Waals surface area contributed by atoms with Crippen molar-refractivity contribution in [3.8, 4) is 5.75 Å². The van der Waals surface area contributed by atoms with E-state index in [4.69, 9.17) is 17.0 Å². The first-order chi connectivity index (χ1) is 7.59. The lowest BCUT2D eigenvalue weighted by atomic mass is 10.2. The second-order valence-corrected chi connectivity index (χ2v) is 3.65. The molecule has 1 amide bonds. The quantitative estimate of drug-likeness (QED) is 0.592. The smallest absolute Gasteiger partial charge is 0.296 e. The van der Waals surface area contributed by atoms with Crippen molar-refractivity contribution < 1.29 is 14.6 Å². The standard InChI is InChI=1S/C11H9NO3S/c1-12-10(14)9(15-11(12)16)6-7-4-2-3-5-8(7)13/h2-6,13H,1H3. The zero-order valence-electron chi connectivity index (χ0n) is 8.51. The molecule has 5 heteroatoms. The number of hydrogen-bond donors (Lipinski definition) is 1. The number of carbonyl (C=O) groups is 1. The van der Waals surface area contributed by atoms with Crippen molar-refractivity contribution in [3.05, 3.63) is 35.6 Å². The number of amides is 1. The van der Waals surface area contributed by atoms with E-state index >= 15 is 0 Å². The Morgan fingerprint density at radius 1 is 1.44 bits per heavy atom. The summed E-state index contributed by atoms with van der Waals surface area (Å²) >= 11 is 4.82. The fraction of sp³-hybridized carbons (Fsp3) is 0.0909. The van der Waals surface area contributed by atoms with Crippen molar-refractivity contribution in [3.63, 3.8) is 0 Å². The SMILES string of the molecule is CN1C(=O)C(=Cc2ccccc2O)OC1=S. The third kappa shape index (κ3) is 1.77. The third-order valence-electron chi connectivity index (χ3n) is 2.21. The van der Waals surface area contributed by atoms with Gasteiger partial charge in [0, 0.05) is 12.6 Å². The van der Waals surface area contributed by atoms with Crippen molar-refractivity contribution in [2.24, 2.45) is 0 Å². The number of para-hydroxylation sites is 1. The largest absolute Gasteiger partial charge is 0.507 e. The predicted octanol–water partition coefficient (Wildman–Crippen LogP) is 1.51. The minimum absolute atomic E-state index is 0.0897. The van der Waals surface area contributed by atoms with Gasteiger partial charge in [-0.1, -0.05) is 18.2 Å². The van der Waals surface area contributed by atoms with Crippen molar-refractivity contribution >= 4 is 29.4 Å². The highest BCUT2D eigenvalue weighted by atomic mass is 32.1. The minimum atomic E-state index is -0.312. The van der Waals surface area contributed by atoms with Crippen LogP contribution in [0.25, 0.3) is 6.08 Å². The van der Waals surface area contributed by atoms with E-state index in [1.165, 1.54) is 24.1 Å². The van der Waals surface area contributed by atoms with Crippen LogP contribution >= 0.6 is 12.2 Å². The molecule has 1 saturated heterocycles. The number of carbonyl (C=O) groups excluding carboxylic acids is 1. The monoisotopic (exact) mass is 235 g/mol. The molecule has 0 bridgehead atoms. The van der Waals surface area contributed by atoms with Gasteiger partial charge in [0.2, 0.25) is 0 Å². The van der Waals surface area contributed by atoms with E-state index in [1.807, 2.05) is 0 Å². The summed E-state index contributed by atoms with van der Waals surface area (Å²) in [6.07, 6.45) is 1.47. The van der Waals surface area contributed by atoms with Crippen molar-refractivity contribution in [2.75, 3.05) is 7.05 Å². The number of likely N-dealkylation sites (N-methyl/N-ethyl adjacent to an activating group) is 1. The van der Waals surface area contributed by atoms with E-state index in [-0.39, 0.29) is 22.6 Å². The van der Waals surface area contributed by atoms with Gasteiger partial charge in [-0.2, -0.15) is 0 Å². The number of phenols is 1. The molecular formula is C11H9NO3S. The van der Waals surface area contributed by atoms with E-state index in [1.54, 1.807) is 18.2 Å². The zero-order chi connectivity index (χ0) is 11.7. The Hall–Kier alpha value is -1.88. The highest BCUT2D eigenvalue weighted by molar-refractivity contribution is 7.80. The van der Waals surface area contributed by atoms with Gasteiger partial charge < -0.3 is 9.84 Å². The number of phenolic OH excluding ortho intramolecular Hbond substituents is 1. The molecule has 2 rings (SSSR count). The highest BCUT2D eigenvalue weighted by Gasteiger charge is 2.30. The maximum absolute atomic E-state index is 11.6. The van der Waals surface area contributed by atoms with Gasteiger partial charge in [0.1, 0.15) is 5.75 Å². The van der Waals surface area contributed by atoms with Gasteiger partial charge in [-0.25, -0.2) is 0 Å². The average molecular weight is 235 g/mol. The summed E-state index contributed by atoms with van der Waals surface area (Å²) in [5, 5.41) is 9.65. The van der Waals surface area contributed by atoms with E-state index in [0.29, 0.717) is 5.56 Å². The maximum Gasteiger partial charge on any atom is 0.296 e. The van der Waals surface area contributed by atoms with Gasteiger partial charge in [0.25, 0.3) is 11.1 Å². The number of rotatable bonds is 1. The highest BCUT2D eigenvalue weighted by Crippen LogP contribution is 2.23. The lowest BCUT2D eigenvalue weighted by Crippen LogP contribution is -2.22. The van der Waals surface area contributed by atoms with Gasteiger partial charge in [-0.3, -0.25) is 9.69 Å². The molecule has 4 nitrogen and oxygen atoms in total. The van der Waals surface area contributed by atoms with Crippen molar-refractivity contribution in [1.82, 2.24) is 4.90 Å². The van der Waals surface area contributed by atoms with Crippen molar-refractivity contribution in [2.45, 2.75) is 0 Å². The molecule has 1 aromatic carbocycles. The summed E-state index contributed by atoms with van der Waals surface area (Å²) in [5.74, 6) is -0.103. The lowest BCUT2D eigenvalue weighted by Gasteiger charge is -2.00. The third-order valence-corrected chi connectivity index (χ3v) is 2.57. The van der Waals surface area contributed by atoms with Crippen LogP contribution in [0.4, 0.5) is 0 Å². The Bertz CT molecular complexity index is 496. The first-order valence-corrected chi connectivity index (χ1v) is 5.00. The predicted molar refractivity (Wildman–Crippen MR) is 62.5 cm³/mol. The molecule has 0 spiro atoms. The Morgan fingerprint density at radius 2 is 2.12 bits per heavy atom. The number of benzene rings is 1. The number of aromatic hydroxyl groups is 1. The van der Waals surface area contributed by atoms with E-state index in [2.05, 4.69) is 0 Å². The molecule has 16 heavy (non-hydrogen) atoms. The second kappa shape index (κ2) is 3.94. The summed E-state index contributed by atoms with van der Waals surface area (Å²) in [4.78, 5) is 12.8. The minimum Gasteiger partial charge on any atom is -0.507 e. The topological polar surface area (TPSA) is 49.8 Å². The summed E-state index contributed by atoms with van der Waals surface area (Å²) in [5.41, 5.74) is 0.518. The van der Waals surface area contributed by atoms with Crippen LogP contribution in [0.15, 0.2) is 30.0 Å². The fourth-order valence-corrected chi connectivity index (χ4v) is 1.47. The molecule has 82 valence electrons. The van der Waals surface area contributed by atoms with E-state index < -0.39 is 0 Å². The van der Waals surface area contributed by atoms with Crippen LogP contribution in [-0.4, -0.2) is 28.1 Å². The van der Waals surface area contributed by atoms with E-state index in [0.717, 1.165) is 0 Å². The van der Waals surface area contributed by atoms with Crippen LogP contribution < -0.4 is 0 Å². The number of thiocarbonyl (C=S) groups is 1. The van der Waals surface area contributed by atoms with Gasteiger partial charge in [-0.05, 0) is 24.4 Å². The molecule has 1 aromatic rings. The number of nitrogens with zero attached hydrogens (tertiary/aromatic N) is 1. The summed E-state index contributed by atoms with van der Waals surface area (Å²) in [6.45, 7) is 0. The van der Waals surface area contributed by atoms with Gasteiger partial charge in [0.05, 0.1) is 0 Å². The molecule has 0 aliphatic carbocycles. The maximum atomic E-state index is 11.6. The van der Waals surface area contributed by atoms with Gasteiger partial charge in [-0.15, -0.1) is 0 Å². The van der Waals surface area contributed by atoms with Crippen LogP contribution in [0, 0.1) is 0 Å². The molecule has 0 saturated carbocycles. The number of ether oxygens (including phenoxy) is 1. The molecule has 0 atom stereocenters. The Labute approximate surface area is 97.7 Å². The zero-order valence-corrected chi connectivity index (χ0v) is 9.32. The summed E-state index contributed by atoms with van der Waals surface area (Å²) in [7, 11) is 1.54. The first kappa shape index (κ1) is 10.6. The molecule has 1 aliphatic heterocycles. The van der Waals surface area contributed by atoms with Gasteiger partial charge >= 0.3 is 0 Å². The molecule has 0 unspecified atom stereocenters. The fourth-order valence-electron chi connectivity index (χ4n) is 1.30. The van der Waals surface area contributed by atoms with Gasteiger partial charge in [0.15, 0.2) is 5.76 Å². The normalized spacial score (nSPS) is 18.1. The Kier molecular flexibility index (Phi) is 2.62. The molecule has 1 aliphatic rings. The van der Waals surface area contributed by atoms with Crippen LogP contribution in [0.1, 0.15) is 5.56 Å². The molecule has 1 heterocycles. The van der Waals surface area contributed by atoms with Crippen molar-refractivity contribution in [1.29, 1.82) is 0 Å². The molecule has 1 N–H and O–H groups in total. The first-order valence-electron chi connectivity index (χ1n) is 4.59. The molecule has 1 fully saturated rings. The molecule has 0 radical (unpaired) electrons. The second-order valence-electron chi connectivity index (χ2n) is 3.30. The van der Waals surface area contributed by atoms with Crippen LogP contribution in [-0.2, 0) is 9.53 Å². The lowest BCUT2D eigenvalue weighted by molar-refractivity contribution is -0.122. The summed E-state index contributed by atoms with van der Waals surface area (Å²) in [6, 6.07) is 6.67. The average Bonchev–Trinajstić information content (AvgIpc) is 2.50. The van der Waals surface area contributed by atoms with Crippen LogP contribution in [0.3, 0.4) is 0 Å². The molecule has 0 aromatic heterocycles. The summed E-state index contributed by atoms with van der Waals surface area (Å²) < 4.78 is 5.10. The Morgan fingerprint density at radius 3 is 2.69 bits per heavy atom. The Balaban J connectivity index is 2.37. The van der Waals surface area contributed by atoms with E-state index in [9.17, 15) is 9.90 Å². The van der Waals surface area contributed by atoms with Crippen LogP contribution in [0.5, 0.6) is 5.75 Å². The number of hydrogen-bond acceptors (Lipinski definition) is 4. The molecular weight excluding hydrogens is 226 g/mol. The van der Waals surface area contributed by atoms with Crippen LogP contribution in [0.2, 0.25) is 0 Å².